The normalized spacial score (nSPS) is 50.9. The van der Waals surface area contributed by atoms with E-state index in [2.05, 4.69) is 19.9 Å². The van der Waals surface area contributed by atoms with Crippen molar-refractivity contribution in [3.63, 3.8) is 0 Å². The summed E-state index contributed by atoms with van der Waals surface area (Å²) in [4.78, 5) is 12.4. The van der Waals surface area contributed by atoms with Crippen LogP contribution in [0.15, 0.2) is 11.6 Å². The minimum Gasteiger partial charge on any atom is -0.393 e. The van der Waals surface area contributed by atoms with Crippen LogP contribution in [0.2, 0.25) is 0 Å². The lowest BCUT2D eigenvalue weighted by Gasteiger charge is -2.58. The van der Waals surface area contributed by atoms with Gasteiger partial charge in [-0.1, -0.05) is 25.5 Å². The molecule has 2 nitrogen and oxygen atoms in total. The van der Waals surface area contributed by atoms with Crippen LogP contribution in [-0.2, 0) is 4.79 Å². The Hall–Kier alpha value is -0.630. The van der Waals surface area contributed by atoms with Gasteiger partial charge in [0.05, 0.1) is 6.10 Å². The molecule has 1 N–H and O–H groups in total. The third-order valence-corrected chi connectivity index (χ3v) is 8.11. The number of carbonyl (C=O) groups excluding carboxylic acids is 1. The Morgan fingerprint density at radius 3 is 2.82 bits per heavy atom. The van der Waals surface area contributed by atoms with Crippen LogP contribution in [0.4, 0.5) is 0 Å². The molecule has 0 aromatic rings. The summed E-state index contributed by atoms with van der Waals surface area (Å²) in [5.74, 6) is 2.57. The number of fused-ring (bicyclic) bond motifs is 5. The van der Waals surface area contributed by atoms with Crippen molar-refractivity contribution in [2.45, 2.75) is 77.7 Å². The number of Topliss-reactive ketones (excluding diaryl/α,β-unsaturated/α-hetero) is 1. The average Bonchev–Trinajstić information content (AvgIpc) is 2.82. The predicted molar refractivity (Wildman–Crippen MR) is 87.3 cm³/mol. The summed E-state index contributed by atoms with van der Waals surface area (Å²) in [6, 6.07) is 0. The van der Waals surface area contributed by atoms with Crippen molar-refractivity contribution in [3.05, 3.63) is 11.6 Å². The van der Waals surface area contributed by atoms with Crippen molar-refractivity contribution in [1.82, 2.24) is 0 Å². The maximum atomic E-state index is 12.4. The third kappa shape index (κ3) is 1.79. The van der Waals surface area contributed by atoms with Gasteiger partial charge in [-0.15, -0.1) is 0 Å². The average molecular weight is 302 g/mol. The molecule has 0 aromatic heterocycles. The van der Waals surface area contributed by atoms with Crippen LogP contribution < -0.4 is 0 Å². The van der Waals surface area contributed by atoms with Gasteiger partial charge in [-0.2, -0.15) is 0 Å². The highest BCUT2D eigenvalue weighted by Crippen LogP contribution is 2.65. The lowest BCUT2D eigenvalue weighted by molar-refractivity contribution is -0.133. The fraction of sp³-hybridized carbons (Fsp3) is 0.850. The molecule has 0 amide bonds. The van der Waals surface area contributed by atoms with Crippen LogP contribution in [0.5, 0.6) is 0 Å². The van der Waals surface area contributed by atoms with Crippen LogP contribution in [0.25, 0.3) is 0 Å². The van der Waals surface area contributed by atoms with E-state index < -0.39 is 0 Å². The molecule has 22 heavy (non-hydrogen) atoms. The third-order valence-electron chi connectivity index (χ3n) is 8.11. The van der Waals surface area contributed by atoms with E-state index >= 15 is 0 Å². The summed E-state index contributed by atoms with van der Waals surface area (Å²) in [6.45, 7) is 4.57. The molecule has 0 aliphatic heterocycles. The van der Waals surface area contributed by atoms with E-state index in [1.807, 2.05) is 0 Å². The lowest BCUT2D eigenvalue weighted by atomic mass is 9.46. The first-order chi connectivity index (χ1) is 10.5. The molecule has 0 bridgehead atoms. The lowest BCUT2D eigenvalue weighted by Crippen LogP contribution is -2.52. The second kappa shape index (κ2) is 4.93. The van der Waals surface area contributed by atoms with Crippen molar-refractivity contribution in [3.8, 4) is 0 Å². The highest BCUT2D eigenvalue weighted by atomic mass is 16.3. The number of aliphatic hydroxyl groups excluding tert-OH is 1. The first-order valence-electron chi connectivity index (χ1n) is 9.42. The predicted octanol–water partition coefficient (Wildman–Crippen LogP) is 4.27. The Balaban J connectivity index is 1.72. The Labute approximate surface area is 134 Å². The Kier molecular flexibility index (Phi) is 3.35. The summed E-state index contributed by atoms with van der Waals surface area (Å²) in [5, 5.41) is 10.3. The molecule has 0 saturated heterocycles. The summed E-state index contributed by atoms with van der Waals surface area (Å²) >= 11 is 0. The number of hydrogen-bond donors (Lipinski definition) is 1. The van der Waals surface area contributed by atoms with E-state index in [4.69, 9.17) is 0 Å². The quantitative estimate of drug-likeness (QED) is 0.734. The number of allylic oxidation sites excluding steroid dienone is 1. The second-order valence-corrected chi connectivity index (χ2v) is 8.67. The molecular formula is C20H30O2. The van der Waals surface area contributed by atoms with Crippen molar-refractivity contribution in [1.29, 1.82) is 0 Å². The monoisotopic (exact) mass is 302 g/mol. The number of carbonyl (C=O) groups is 1. The van der Waals surface area contributed by atoms with Crippen molar-refractivity contribution < 1.29 is 9.90 Å². The minimum absolute atomic E-state index is 0.0232. The molecule has 0 unspecified atom stereocenters. The van der Waals surface area contributed by atoms with E-state index in [9.17, 15) is 9.90 Å². The second-order valence-electron chi connectivity index (χ2n) is 8.67. The van der Waals surface area contributed by atoms with Gasteiger partial charge in [0.25, 0.3) is 0 Å². The minimum atomic E-state index is -0.152. The van der Waals surface area contributed by atoms with Crippen LogP contribution in [0, 0.1) is 28.6 Å². The van der Waals surface area contributed by atoms with Crippen molar-refractivity contribution in [2.24, 2.45) is 28.6 Å². The topological polar surface area (TPSA) is 37.3 Å². The maximum absolute atomic E-state index is 12.4. The van der Waals surface area contributed by atoms with Gasteiger partial charge in [0.1, 0.15) is 5.78 Å². The van der Waals surface area contributed by atoms with E-state index in [0.29, 0.717) is 23.5 Å². The highest BCUT2D eigenvalue weighted by molar-refractivity contribution is 5.87. The van der Waals surface area contributed by atoms with Crippen LogP contribution in [0.3, 0.4) is 0 Å². The fourth-order valence-electron chi connectivity index (χ4n) is 6.96. The molecule has 4 aliphatic carbocycles. The zero-order chi connectivity index (χ0) is 15.5. The molecule has 0 spiro atoms. The van der Waals surface area contributed by atoms with Gasteiger partial charge in [0, 0.05) is 11.8 Å². The number of hydrogen-bond acceptors (Lipinski definition) is 2. The van der Waals surface area contributed by atoms with Gasteiger partial charge in [-0.25, -0.2) is 0 Å². The van der Waals surface area contributed by atoms with Gasteiger partial charge in [0.2, 0.25) is 0 Å². The Morgan fingerprint density at radius 1 is 1.23 bits per heavy atom. The molecule has 4 aliphatic rings. The molecular weight excluding hydrogens is 272 g/mol. The van der Waals surface area contributed by atoms with E-state index in [1.165, 1.54) is 19.3 Å². The summed E-state index contributed by atoms with van der Waals surface area (Å²) in [6.07, 6.45) is 11.9. The zero-order valence-electron chi connectivity index (χ0n) is 14.1. The number of rotatable bonds is 1. The maximum Gasteiger partial charge on any atom is 0.139 e. The molecule has 2 heteroatoms. The molecule has 0 heterocycles. The number of aliphatic hydroxyl groups is 1. The molecule has 4 rings (SSSR count). The van der Waals surface area contributed by atoms with E-state index in [0.717, 1.165) is 38.5 Å². The van der Waals surface area contributed by atoms with Crippen LogP contribution in [0.1, 0.15) is 71.6 Å². The molecule has 6 atom stereocenters. The summed E-state index contributed by atoms with van der Waals surface area (Å²) in [7, 11) is 0. The molecule has 0 radical (unpaired) electrons. The first kappa shape index (κ1) is 14.9. The molecule has 0 aromatic carbocycles. The molecule has 3 saturated carbocycles. The highest BCUT2D eigenvalue weighted by Gasteiger charge is 2.59. The zero-order valence-corrected chi connectivity index (χ0v) is 14.1. The molecule has 122 valence electrons. The van der Waals surface area contributed by atoms with Crippen LogP contribution >= 0.6 is 0 Å². The first-order valence-corrected chi connectivity index (χ1v) is 9.42. The van der Waals surface area contributed by atoms with E-state index in [1.54, 1.807) is 5.57 Å². The Morgan fingerprint density at radius 2 is 2.05 bits per heavy atom. The molecule has 3 fully saturated rings. The standard InChI is InChI=1S/C20H30O2/c1-3-20-12-14(21)6-4-13(20)5-7-15-16-8-9-18(22)19(16,2)11-10-17(15)20/h4,14-17,21H,3,5-12H2,1-2H3/t14-,15+,16+,17+,19+,20+/m1/s1. The Bertz CT molecular complexity index is 522. The number of ketones is 1. The van der Waals surface area contributed by atoms with Crippen molar-refractivity contribution >= 4 is 5.78 Å². The van der Waals surface area contributed by atoms with Gasteiger partial charge >= 0.3 is 0 Å². The van der Waals surface area contributed by atoms with Crippen molar-refractivity contribution in [2.75, 3.05) is 0 Å². The van der Waals surface area contributed by atoms with Gasteiger partial charge < -0.3 is 5.11 Å². The van der Waals surface area contributed by atoms with E-state index in [-0.39, 0.29) is 16.9 Å². The fourth-order valence-corrected chi connectivity index (χ4v) is 6.96. The smallest absolute Gasteiger partial charge is 0.139 e. The largest absolute Gasteiger partial charge is 0.393 e. The van der Waals surface area contributed by atoms with Gasteiger partial charge in [-0.3, -0.25) is 4.79 Å². The van der Waals surface area contributed by atoms with Gasteiger partial charge in [0.15, 0.2) is 0 Å². The SMILES string of the molecule is CC[C@]12C[C@H](O)CC=C1CC[C@@H]1[C@@H]2CC[C@]2(C)C(=O)CC[C@@H]12. The summed E-state index contributed by atoms with van der Waals surface area (Å²) < 4.78 is 0. The summed E-state index contributed by atoms with van der Waals surface area (Å²) in [5.41, 5.74) is 1.87. The van der Waals surface area contributed by atoms with Crippen LogP contribution in [-0.4, -0.2) is 17.0 Å². The van der Waals surface area contributed by atoms with Gasteiger partial charge in [-0.05, 0) is 74.5 Å².